The molecule has 25 heavy (non-hydrogen) atoms. The fourth-order valence-electron chi connectivity index (χ4n) is 2.65. The molecule has 0 amide bonds. The molecule has 0 aliphatic heterocycles. The lowest BCUT2D eigenvalue weighted by Crippen LogP contribution is -2.42. The summed E-state index contributed by atoms with van der Waals surface area (Å²) < 4.78 is 0. The van der Waals surface area contributed by atoms with Crippen molar-refractivity contribution in [3.05, 3.63) is 0 Å². The van der Waals surface area contributed by atoms with Gasteiger partial charge in [-0.3, -0.25) is 0 Å². The fourth-order valence-corrected chi connectivity index (χ4v) is 2.65. The van der Waals surface area contributed by atoms with E-state index in [4.69, 9.17) is 11.5 Å². The van der Waals surface area contributed by atoms with Crippen LogP contribution in [0.1, 0.15) is 71.6 Å². The van der Waals surface area contributed by atoms with Gasteiger partial charge in [0.1, 0.15) is 0 Å². The second-order valence-corrected chi connectivity index (χ2v) is 6.77. The van der Waals surface area contributed by atoms with Crippen molar-refractivity contribution in [3.8, 4) is 0 Å². The van der Waals surface area contributed by atoms with Gasteiger partial charge >= 0.3 is 0 Å². The van der Waals surface area contributed by atoms with Crippen LogP contribution in [0.25, 0.3) is 0 Å². The molecule has 0 spiro atoms. The van der Waals surface area contributed by atoms with Gasteiger partial charge in [-0.25, -0.2) is 0 Å². The van der Waals surface area contributed by atoms with Crippen molar-refractivity contribution in [2.75, 3.05) is 20.6 Å². The van der Waals surface area contributed by atoms with Gasteiger partial charge in [-0.05, 0) is 73.0 Å². The molecule has 2 unspecified atom stereocenters. The van der Waals surface area contributed by atoms with Crippen LogP contribution in [0.4, 0.5) is 0 Å². The number of hydrogen-bond donors (Lipinski definition) is 4. The zero-order valence-corrected chi connectivity index (χ0v) is 19.8. The minimum absolute atomic E-state index is 0. The first kappa shape index (κ1) is 36.8. The van der Waals surface area contributed by atoms with E-state index in [9.17, 15) is 0 Å². The Kier molecular flexibility index (Phi) is 34.0. The smallest absolute Gasteiger partial charge is 0.0155 e. The maximum absolute atomic E-state index is 6.74. The molecule has 0 aromatic carbocycles. The van der Waals surface area contributed by atoms with E-state index in [1.165, 1.54) is 19.3 Å². The first-order valence-corrected chi connectivity index (χ1v) is 8.81. The molecule has 0 fully saturated rings. The summed E-state index contributed by atoms with van der Waals surface area (Å²) in [5.41, 5.74) is 12.3. The number of hydrogen-bond acceptors (Lipinski definition) is 4. The van der Waals surface area contributed by atoms with Crippen LogP contribution in [0.15, 0.2) is 0 Å². The highest BCUT2D eigenvalue weighted by Crippen LogP contribution is 2.25. The van der Waals surface area contributed by atoms with Crippen LogP contribution < -0.4 is 22.1 Å². The number of nitrogens with one attached hydrogen (secondary N) is 2. The summed E-state index contributed by atoms with van der Waals surface area (Å²) in [7, 11) is 4.05. The summed E-state index contributed by atoms with van der Waals surface area (Å²) in [6, 6.07) is 1.10. The maximum Gasteiger partial charge on any atom is 0.0155 e. The first-order chi connectivity index (χ1) is 9.97. The Labute approximate surface area is 181 Å². The van der Waals surface area contributed by atoms with Crippen molar-refractivity contribution in [2.24, 2.45) is 11.5 Å². The van der Waals surface area contributed by atoms with Crippen LogP contribution in [-0.4, -0.2) is 38.3 Å². The van der Waals surface area contributed by atoms with Gasteiger partial charge in [-0.1, -0.05) is 19.3 Å². The third-order valence-corrected chi connectivity index (χ3v) is 4.76. The molecule has 8 heteroatoms. The van der Waals surface area contributed by atoms with E-state index in [2.05, 4.69) is 24.5 Å². The van der Waals surface area contributed by atoms with Gasteiger partial charge in [0.05, 0.1) is 0 Å². The van der Waals surface area contributed by atoms with Crippen LogP contribution in [0, 0.1) is 0 Å². The average molecular weight is 446 g/mol. The minimum Gasteiger partial charge on any atom is -0.330 e. The Morgan fingerprint density at radius 2 is 1.12 bits per heavy atom. The Hall–Kier alpha value is 1.00. The second kappa shape index (κ2) is 23.0. The lowest BCUT2D eigenvalue weighted by Gasteiger charge is -2.32. The molecule has 0 saturated carbocycles. The molecule has 0 saturated heterocycles. The molecule has 160 valence electrons. The van der Waals surface area contributed by atoms with E-state index >= 15 is 0 Å². The summed E-state index contributed by atoms with van der Waals surface area (Å²) in [6.45, 7) is 5.28. The largest absolute Gasteiger partial charge is 0.330 e. The fraction of sp³-hybridized carbons (Fsp3) is 1.00. The monoisotopic (exact) mass is 444 g/mol. The summed E-state index contributed by atoms with van der Waals surface area (Å²) in [6.07, 6.45) is 10.6. The molecule has 0 bridgehead atoms. The predicted octanol–water partition coefficient (Wildman–Crippen LogP) is 4.06. The quantitative estimate of drug-likeness (QED) is 0.304. The summed E-state index contributed by atoms with van der Waals surface area (Å²) >= 11 is 0. The van der Waals surface area contributed by atoms with Gasteiger partial charge in [0.2, 0.25) is 0 Å². The highest BCUT2D eigenvalue weighted by molar-refractivity contribution is 5.86. The molecule has 0 aromatic heterocycles. The molecular formula is C17H44Cl4N4. The molecule has 2 atom stereocenters. The van der Waals surface area contributed by atoms with Crippen molar-refractivity contribution in [1.82, 2.24) is 10.6 Å². The molecule has 0 aliphatic carbocycles. The normalized spacial score (nSPS) is 14.6. The number of nitrogens with two attached hydrogens (primary N) is 2. The van der Waals surface area contributed by atoms with E-state index in [1.807, 2.05) is 14.1 Å². The predicted molar refractivity (Wildman–Crippen MR) is 124 cm³/mol. The van der Waals surface area contributed by atoms with Gasteiger partial charge < -0.3 is 22.1 Å². The number of rotatable bonds is 14. The average Bonchev–Trinajstić information content (AvgIpc) is 2.50. The summed E-state index contributed by atoms with van der Waals surface area (Å²) in [4.78, 5) is 0. The first-order valence-electron chi connectivity index (χ1n) is 8.81. The van der Waals surface area contributed by atoms with Gasteiger partial charge in [0.25, 0.3) is 0 Å². The lowest BCUT2D eigenvalue weighted by molar-refractivity contribution is 0.288. The van der Waals surface area contributed by atoms with Gasteiger partial charge in [0.15, 0.2) is 0 Å². The van der Waals surface area contributed by atoms with Crippen molar-refractivity contribution >= 4 is 49.6 Å². The van der Waals surface area contributed by atoms with Crippen LogP contribution in [0.3, 0.4) is 0 Å². The van der Waals surface area contributed by atoms with Crippen molar-refractivity contribution < 1.29 is 0 Å². The molecule has 0 rings (SSSR count). The minimum atomic E-state index is -0.00106. The summed E-state index contributed by atoms with van der Waals surface area (Å²) in [5, 5.41) is 6.63. The number of unbranched alkanes of at least 4 members (excludes halogenated alkanes) is 3. The SMILES string of the molecule is CNC(C)CCC(N)(CCCCCCN)CCC(C)NC.Cl.Cl.Cl.Cl. The topological polar surface area (TPSA) is 76.1 Å². The van der Waals surface area contributed by atoms with Crippen LogP contribution >= 0.6 is 49.6 Å². The molecule has 4 nitrogen and oxygen atoms in total. The zero-order chi connectivity index (χ0) is 16.1. The van der Waals surface area contributed by atoms with Gasteiger partial charge in [0, 0.05) is 17.6 Å². The third-order valence-electron chi connectivity index (χ3n) is 4.76. The maximum atomic E-state index is 6.74. The van der Waals surface area contributed by atoms with E-state index < -0.39 is 0 Å². The van der Waals surface area contributed by atoms with E-state index in [1.54, 1.807) is 0 Å². The molecule has 0 aromatic rings. The molecular weight excluding hydrogens is 402 g/mol. The van der Waals surface area contributed by atoms with E-state index in [-0.39, 0.29) is 55.2 Å². The summed E-state index contributed by atoms with van der Waals surface area (Å²) in [5.74, 6) is 0. The van der Waals surface area contributed by atoms with Crippen molar-refractivity contribution in [1.29, 1.82) is 0 Å². The number of halogens is 4. The van der Waals surface area contributed by atoms with Crippen molar-refractivity contribution in [3.63, 3.8) is 0 Å². The lowest BCUT2D eigenvalue weighted by atomic mass is 9.82. The highest BCUT2D eigenvalue weighted by atomic mass is 35.5. The Morgan fingerprint density at radius 1 is 0.720 bits per heavy atom. The molecule has 0 aliphatic rings. The third kappa shape index (κ3) is 21.2. The van der Waals surface area contributed by atoms with Crippen LogP contribution in [0.5, 0.6) is 0 Å². The Balaban J connectivity index is -0.000000333. The highest BCUT2D eigenvalue weighted by Gasteiger charge is 2.25. The van der Waals surface area contributed by atoms with E-state index in [0.717, 1.165) is 45.1 Å². The van der Waals surface area contributed by atoms with Crippen LogP contribution in [-0.2, 0) is 0 Å². The van der Waals surface area contributed by atoms with Gasteiger partial charge in [-0.2, -0.15) is 0 Å². The Morgan fingerprint density at radius 3 is 1.48 bits per heavy atom. The van der Waals surface area contributed by atoms with Crippen molar-refractivity contribution in [2.45, 2.75) is 89.3 Å². The molecule has 0 heterocycles. The zero-order valence-electron chi connectivity index (χ0n) is 16.5. The van der Waals surface area contributed by atoms with Gasteiger partial charge in [-0.15, -0.1) is 49.6 Å². The molecule has 0 radical (unpaired) electrons. The second-order valence-electron chi connectivity index (χ2n) is 6.77. The molecule has 6 N–H and O–H groups in total. The van der Waals surface area contributed by atoms with E-state index in [0.29, 0.717) is 12.1 Å². The van der Waals surface area contributed by atoms with Crippen LogP contribution in [0.2, 0.25) is 0 Å². The Bertz CT molecular complexity index is 235. The standard InChI is InChI=1S/C17H40N4.4ClH/c1-15(20-3)9-12-17(19,13-10-16(2)21-4)11-7-5-6-8-14-18;;;;/h15-16,20-21H,5-14,18-19H2,1-4H3;4*1H.